The van der Waals surface area contributed by atoms with Gasteiger partial charge in [-0.1, -0.05) is 62.4 Å². The zero-order valence-electron chi connectivity index (χ0n) is 17.2. The lowest BCUT2D eigenvalue weighted by Crippen LogP contribution is -2.32. The Labute approximate surface area is 177 Å². The number of hydrogen-bond donors (Lipinski definition) is 0. The Morgan fingerprint density at radius 3 is 2.17 bits per heavy atom. The molecule has 0 bridgehead atoms. The van der Waals surface area contributed by atoms with Crippen LogP contribution >= 0.6 is 0 Å². The van der Waals surface area contributed by atoms with Crippen LogP contribution in [0.3, 0.4) is 0 Å². The van der Waals surface area contributed by atoms with E-state index in [-0.39, 0.29) is 5.91 Å². The van der Waals surface area contributed by atoms with Crippen molar-refractivity contribution in [2.75, 3.05) is 11.5 Å². The smallest absolute Gasteiger partial charge is 0.282 e. The van der Waals surface area contributed by atoms with Gasteiger partial charge in [0.2, 0.25) is 0 Å². The molecule has 4 heteroatoms. The molecule has 0 fully saturated rings. The van der Waals surface area contributed by atoms with Gasteiger partial charge in [0.25, 0.3) is 5.91 Å². The number of nitrogens with zero attached hydrogens (tertiary/aromatic N) is 2. The average molecular weight is 396 g/mol. The van der Waals surface area contributed by atoms with Crippen molar-refractivity contribution in [3.05, 3.63) is 102 Å². The van der Waals surface area contributed by atoms with Gasteiger partial charge in [-0.2, -0.15) is 0 Å². The summed E-state index contributed by atoms with van der Waals surface area (Å²) in [6, 6.07) is 27.1. The van der Waals surface area contributed by atoms with Gasteiger partial charge in [0.05, 0.1) is 12.3 Å². The predicted molar refractivity (Wildman–Crippen MR) is 122 cm³/mol. The van der Waals surface area contributed by atoms with Crippen LogP contribution in [-0.2, 0) is 4.79 Å². The zero-order chi connectivity index (χ0) is 20.9. The Morgan fingerprint density at radius 1 is 0.900 bits per heavy atom. The van der Waals surface area contributed by atoms with E-state index in [4.69, 9.17) is 9.73 Å². The number of amidine groups is 1. The van der Waals surface area contributed by atoms with Crippen molar-refractivity contribution in [1.82, 2.24) is 0 Å². The molecular formula is C26H24N2O2. The highest BCUT2D eigenvalue weighted by molar-refractivity contribution is 6.33. The van der Waals surface area contributed by atoms with Crippen LogP contribution in [0.2, 0.25) is 0 Å². The van der Waals surface area contributed by atoms with Crippen molar-refractivity contribution in [3.8, 4) is 5.75 Å². The van der Waals surface area contributed by atoms with E-state index in [1.165, 1.54) is 0 Å². The van der Waals surface area contributed by atoms with Crippen LogP contribution < -0.4 is 9.64 Å². The molecule has 0 radical (unpaired) electrons. The number of benzene rings is 3. The van der Waals surface area contributed by atoms with Gasteiger partial charge in [0.1, 0.15) is 17.3 Å². The standard InChI is InChI=1S/C26H24N2O2/c1-19(2)18-30-23-15-13-21(14-16-23)25-27-24(17-20-9-5-3-6-10-20)26(29)28(25)22-11-7-4-8-12-22/h3-17,19H,18H2,1-2H3/b24-17+. The third kappa shape index (κ3) is 4.33. The molecule has 1 amide bonds. The molecule has 0 atom stereocenters. The van der Waals surface area contributed by atoms with Crippen LogP contribution in [0.15, 0.2) is 95.6 Å². The van der Waals surface area contributed by atoms with Gasteiger partial charge in [0.15, 0.2) is 0 Å². The third-order valence-corrected chi connectivity index (χ3v) is 4.67. The van der Waals surface area contributed by atoms with Crippen LogP contribution in [0.5, 0.6) is 5.75 Å². The molecule has 1 aliphatic rings. The lowest BCUT2D eigenvalue weighted by atomic mass is 10.1. The number of ether oxygens (including phenoxy) is 1. The van der Waals surface area contributed by atoms with E-state index in [2.05, 4.69) is 13.8 Å². The third-order valence-electron chi connectivity index (χ3n) is 4.67. The zero-order valence-corrected chi connectivity index (χ0v) is 17.2. The maximum absolute atomic E-state index is 13.3. The minimum atomic E-state index is -0.139. The van der Waals surface area contributed by atoms with Gasteiger partial charge in [-0.15, -0.1) is 0 Å². The Balaban J connectivity index is 1.71. The van der Waals surface area contributed by atoms with Crippen LogP contribution in [0.25, 0.3) is 6.08 Å². The summed E-state index contributed by atoms with van der Waals surface area (Å²) in [5.74, 6) is 1.74. The average Bonchev–Trinajstić information content (AvgIpc) is 3.10. The number of para-hydroxylation sites is 1. The van der Waals surface area contributed by atoms with E-state index in [1.54, 1.807) is 4.90 Å². The molecule has 150 valence electrons. The van der Waals surface area contributed by atoms with Crippen LogP contribution in [0.1, 0.15) is 25.0 Å². The van der Waals surface area contributed by atoms with E-state index < -0.39 is 0 Å². The second-order valence-corrected chi connectivity index (χ2v) is 7.58. The Hall–Kier alpha value is -3.66. The quantitative estimate of drug-likeness (QED) is 0.512. The second-order valence-electron chi connectivity index (χ2n) is 7.58. The summed E-state index contributed by atoms with van der Waals surface area (Å²) in [6.45, 7) is 4.90. The summed E-state index contributed by atoms with van der Waals surface area (Å²) in [6.07, 6.45) is 1.82. The van der Waals surface area contributed by atoms with Gasteiger partial charge in [-0.25, -0.2) is 4.99 Å². The second kappa shape index (κ2) is 8.78. The summed E-state index contributed by atoms with van der Waals surface area (Å²) < 4.78 is 5.79. The molecule has 1 heterocycles. The molecule has 4 nitrogen and oxygen atoms in total. The summed E-state index contributed by atoms with van der Waals surface area (Å²) in [7, 11) is 0. The van der Waals surface area contributed by atoms with Gasteiger partial charge in [-0.3, -0.25) is 9.69 Å². The molecule has 0 saturated heterocycles. The van der Waals surface area contributed by atoms with E-state index in [0.29, 0.717) is 24.1 Å². The topological polar surface area (TPSA) is 41.9 Å². The maximum atomic E-state index is 13.3. The van der Waals surface area contributed by atoms with Crippen molar-refractivity contribution in [2.45, 2.75) is 13.8 Å². The van der Waals surface area contributed by atoms with Gasteiger partial charge in [-0.05, 0) is 54.0 Å². The molecule has 0 unspecified atom stereocenters. The van der Waals surface area contributed by atoms with Gasteiger partial charge >= 0.3 is 0 Å². The first-order valence-corrected chi connectivity index (χ1v) is 10.1. The van der Waals surface area contributed by atoms with Crippen molar-refractivity contribution in [2.24, 2.45) is 10.9 Å². The first-order chi connectivity index (χ1) is 14.6. The molecule has 0 aliphatic carbocycles. The molecule has 0 spiro atoms. The highest BCUT2D eigenvalue weighted by Crippen LogP contribution is 2.28. The van der Waals surface area contributed by atoms with E-state index in [1.807, 2.05) is 91.0 Å². The Kier molecular flexibility index (Phi) is 5.75. The number of amides is 1. The number of carbonyl (C=O) groups excluding carboxylic acids is 1. The number of hydrogen-bond acceptors (Lipinski definition) is 3. The highest BCUT2D eigenvalue weighted by atomic mass is 16.5. The molecule has 3 aromatic rings. The summed E-state index contributed by atoms with van der Waals surface area (Å²) in [5, 5.41) is 0. The van der Waals surface area contributed by atoms with Gasteiger partial charge in [0, 0.05) is 5.56 Å². The largest absolute Gasteiger partial charge is 0.493 e. The predicted octanol–water partition coefficient (Wildman–Crippen LogP) is 5.56. The SMILES string of the molecule is CC(C)COc1ccc(C2=N/C(=C/c3ccccc3)C(=O)N2c2ccccc2)cc1. The molecule has 4 rings (SSSR count). The number of aliphatic imine (C=N–C) groups is 1. The van der Waals surface area contributed by atoms with Crippen molar-refractivity contribution in [1.29, 1.82) is 0 Å². The molecule has 30 heavy (non-hydrogen) atoms. The molecule has 1 aliphatic heterocycles. The fourth-order valence-electron chi connectivity index (χ4n) is 3.20. The van der Waals surface area contributed by atoms with Crippen molar-refractivity contribution >= 4 is 23.5 Å². The lowest BCUT2D eigenvalue weighted by molar-refractivity contribution is -0.113. The normalized spacial score (nSPS) is 15.0. The summed E-state index contributed by atoms with van der Waals surface area (Å²) in [5.41, 5.74) is 3.01. The highest BCUT2D eigenvalue weighted by Gasteiger charge is 2.32. The van der Waals surface area contributed by atoms with Crippen LogP contribution in [-0.4, -0.2) is 18.3 Å². The number of rotatable bonds is 6. The van der Waals surface area contributed by atoms with Gasteiger partial charge < -0.3 is 4.74 Å². The van der Waals surface area contributed by atoms with E-state index in [9.17, 15) is 4.79 Å². The minimum Gasteiger partial charge on any atom is -0.493 e. The molecule has 3 aromatic carbocycles. The van der Waals surface area contributed by atoms with E-state index in [0.717, 1.165) is 22.6 Å². The summed E-state index contributed by atoms with van der Waals surface area (Å²) >= 11 is 0. The molecule has 0 N–H and O–H groups in total. The van der Waals surface area contributed by atoms with Crippen molar-refractivity contribution < 1.29 is 9.53 Å². The van der Waals surface area contributed by atoms with Crippen molar-refractivity contribution in [3.63, 3.8) is 0 Å². The minimum absolute atomic E-state index is 0.139. The lowest BCUT2D eigenvalue weighted by Gasteiger charge is -2.18. The first-order valence-electron chi connectivity index (χ1n) is 10.1. The van der Waals surface area contributed by atoms with Crippen LogP contribution in [0.4, 0.5) is 5.69 Å². The molecule has 0 saturated carbocycles. The number of carbonyl (C=O) groups is 1. The van der Waals surface area contributed by atoms with Crippen LogP contribution in [0, 0.1) is 5.92 Å². The monoisotopic (exact) mass is 396 g/mol. The molecule has 0 aromatic heterocycles. The maximum Gasteiger partial charge on any atom is 0.282 e. The fraction of sp³-hybridized carbons (Fsp3) is 0.154. The number of anilines is 1. The Bertz CT molecular complexity index is 1070. The Morgan fingerprint density at radius 2 is 1.53 bits per heavy atom. The van der Waals surface area contributed by atoms with E-state index >= 15 is 0 Å². The first kappa shape index (κ1) is 19.6. The molecular weight excluding hydrogens is 372 g/mol. The summed E-state index contributed by atoms with van der Waals surface area (Å²) in [4.78, 5) is 19.6. The fourth-order valence-corrected chi connectivity index (χ4v) is 3.20.